The Bertz CT molecular complexity index is 1370. The molecule has 1 N–H and O–H groups in total. The van der Waals surface area contributed by atoms with Crippen LogP contribution in [0.15, 0.2) is 84.2 Å². The van der Waals surface area contributed by atoms with Crippen LogP contribution in [0.4, 0.5) is 10.5 Å². The number of benzene rings is 3. The highest BCUT2D eigenvalue weighted by atomic mass is 32.1. The highest BCUT2D eigenvalue weighted by Crippen LogP contribution is 2.37. The third-order valence-corrected chi connectivity index (χ3v) is 8.57. The quantitative estimate of drug-likeness (QED) is 0.320. The first-order valence-electron chi connectivity index (χ1n) is 13.2. The van der Waals surface area contributed by atoms with Gasteiger partial charge in [-0.3, -0.25) is 4.90 Å². The average molecular weight is 525 g/mol. The van der Waals surface area contributed by atoms with Gasteiger partial charge in [0.1, 0.15) is 10.8 Å². The van der Waals surface area contributed by atoms with Crippen LogP contribution < -0.4 is 10.1 Å². The van der Waals surface area contributed by atoms with Crippen molar-refractivity contribution < 1.29 is 9.53 Å². The van der Waals surface area contributed by atoms with E-state index in [2.05, 4.69) is 52.0 Å². The zero-order chi connectivity index (χ0) is 25.9. The zero-order valence-electron chi connectivity index (χ0n) is 21.5. The minimum absolute atomic E-state index is 0.0317. The fraction of sp³-hybridized carbons (Fsp3) is 0.290. The molecule has 2 amide bonds. The first kappa shape index (κ1) is 24.6. The van der Waals surface area contributed by atoms with Gasteiger partial charge >= 0.3 is 6.03 Å². The molecule has 2 aliphatic rings. The average Bonchev–Trinajstić information content (AvgIpc) is 3.44. The lowest BCUT2D eigenvalue weighted by atomic mass is 9.81. The maximum atomic E-state index is 13.2. The van der Waals surface area contributed by atoms with Crippen molar-refractivity contribution in [1.82, 2.24) is 14.8 Å². The van der Waals surface area contributed by atoms with E-state index < -0.39 is 0 Å². The van der Waals surface area contributed by atoms with E-state index >= 15 is 0 Å². The smallest absolute Gasteiger partial charge is 0.321 e. The van der Waals surface area contributed by atoms with Gasteiger partial charge in [0.15, 0.2) is 0 Å². The lowest BCUT2D eigenvalue weighted by molar-refractivity contribution is 0.0272. The molecule has 7 heteroatoms. The van der Waals surface area contributed by atoms with Crippen molar-refractivity contribution in [1.29, 1.82) is 0 Å². The van der Waals surface area contributed by atoms with Crippen LogP contribution in [-0.2, 0) is 0 Å². The standard InChI is InChI=1S/C31H32N4O2S/c1-37-26-15-13-25(14-16-26)32-31(36)35-18-6-5-17-34-19-27(29(34)20-35)22-9-11-23(12-10-22)28-21-38-30(33-28)24-7-3-2-4-8-24/h2-4,7-16,21,27,29H,5-6,17-20H2,1H3,(H,32,36)/t27-,29+/m1/s1. The number of anilines is 1. The monoisotopic (exact) mass is 524 g/mol. The third-order valence-electron chi connectivity index (χ3n) is 7.68. The van der Waals surface area contributed by atoms with Crippen LogP contribution >= 0.6 is 11.3 Å². The van der Waals surface area contributed by atoms with E-state index in [1.165, 1.54) is 5.56 Å². The summed E-state index contributed by atoms with van der Waals surface area (Å²) in [7, 11) is 1.64. The Morgan fingerprint density at radius 1 is 0.921 bits per heavy atom. The molecule has 2 saturated heterocycles. The number of amides is 2. The number of nitrogens with one attached hydrogen (secondary N) is 1. The van der Waals surface area contributed by atoms with Crippen LogP contribution in [0.5, 0.6) is 5.75 Å². The van der Waals surface area contributed by atoms with Gasteiger partial charge in [-0.05, 0) is 49.2 Å². The predicted molar refractivity (Wildman–Crippen MR) is 154 cm³/mol. The molecule has 3 aromatic carbocycles. The minimum Gasteiger partial charge on any atom is -0.497 e. The summed E-state index contributed by atoms with van der Waals surface area (Å²) < 4.78 is 5.23. The summed E-state index contributed by atoms with van der Waals surface area (Å²) in [6.07, 6.45) is 2.14. The normalized spacial score (nSPS) is 19.6. The second-order valence-corrected chi connectivity index (χ2v) is 10.9. The van der Waals surface area contributed by atoms with Crippen molar-refractivity contribution in [2.75, 3.05) is 38.6 Å². The Labute approximate surface area is 227 Å². The largest absolute Gasteiger partial charge is 0.497 e. The zero-order valence-corrected chi connectivity index (χ0v) is 22.4. The number of thiazole rings is 1. The molecule has 2 atom stereocenters. The number of hydrogen-bond acceptors (Lipinski definition) is 5. The Kier molecular flexibility index (Phi) is 7.12. The molecule has 38 heavy (non-hydrogen) atoms. The Hall–Kier alpha value is -3.68. The lowest BCUT2D eigenvalue weighted by Crippen LogP contribution is -2.61. The third kappa shape index (κ3) is 5.17. The van der Waals surface area contributed by atoms with Gasteiger partial charge in [0.2, 0.25) is 0 Å². The Balaban J connectivity index is 1.13. The van der Waals surface area contributed by atoms with Crippen LogP contribution in [0.1, 0.15) is 24.3 Å². The Morgan fingerprint density at radius 2 is 1.68 bits per heavy atom. The molecular formula is C31H32N4O2S. The maximum absolute atomic E-state index is 13.2. The summed E-state index contributed by atoms with van der Waals surface area (Å²) in [6.45, 7) is 3.67. The molecular weight excluding hydrogens is 492 g/mol. The van der Waals surface area contributed by atoms with Gasteiger partial charge in [0.05, 0.1) is 12.8 Å². The van der Waals surface area contributed by atoms with Crippen molar-refractivity contribution >= 4 is 23.1 Å². The fourth-order valence-corrected chi connectivity index (χ4v) is 6.31. The van der Waals surface area contributed by atoms with Crippen LogP contribution in [0, 0.1) is 0 Å². The molecule has 0 unspecified atom stereocenters. The van der Waals surface area contributed by atoms with Gasteiger partial charge in [0, 0.05) is 53.8 Å². The minimum atomic E-state index is -0.0317. The van der Waals surface area contributed by atoms with Crippen LogP contribution in [0.25, 0.3) is 21.8 Å². The molecule has 0 spiro atoms. The van der Waals surface area contributed by atoms with Gasteiger partial charge in [-0.1, -0.05) is 54.6 Å². The van der Waals surface area contributed by atoms with E-state index in [0.29, 0.717) is 12.0 Å². The summed E-state index contributed by atoms with van der Waals surface area (Å²) in [6, 6.07) is 27.0. The molecule has 0 radical (unpaired) electrons. The molecule has 194 valence electrons. The predicted octanol–water partition coefficient (Wildman–Crippen LogP) is 6.58. The van der Waals surface area contributed by atoms with Crippen molar-refractivity contribution in [3.63, 3.8) is 0 Å². The van der Waals surface area contributed by atoms with Gasteiger partial charge in [-0.2, -0.15) is 0 Å². The lowest BCUT2D eigenvalue weighted by Gasteiger charge is -2.51. The molecule has 6 rings (SSSR count). The summed E-state index contributed by atoms with van der Waals surface area (Å²) in [5.74, 6) is 1.20. The highest BCUT2D eigenvalue weighted by molar-refractivity contribution is 7.13. The first-order chi connectivity index (χ1) is 18.7. The molecule has 2 fully saturated rings. The first-order valence-corrected chi connectivity index (χ1v) is 14.1. The number of methoxy groups -OCH3 is 1. The second kappa shape index (κ2) is 11.0. The topological polar surface area (TPSA) is 57.7 Å². The summed E-state index contributed by atoms with van der Waals surface area (Å²) in [4.78, 5) is 22.6. The van der Waals surface area contributed by atoms with Crippen molar-refractivity contribution in [3.8, 4) is 27.6 Å². The molecule has 0 bridgehead atoms. The van der Waals surface area contributed by atoms with Gasteiger partial charge in [-0.15, -0.1) is 11.3 Å². The van der Waals surface area contributed by atoms with E-state index in [-0.39, 0.29) is 6.03 Å². The number of hydrogen-bond donors (Lipinski definition) is 1. The molecule has 1 aromatic heterocycles. The van der Waals surface area contributed by atoms with Crippen molar-refractivity contribution in [2.45, 2.75) is 24.8 Å². The number of urea groups is 1. The highest BCUT2D eigenvalue weighted by Gasteiger charge is 2.41. The molecule has 0 aliphatic carbocycles. The number of ether oxygens (including phenoxy) is 1. The van der Waals surface area contributed by atoms with Crippen LogP contribution in [0.2, 0.25) is 0 Å². The number of carbonyl (C=O) groups is 1. The summed E-state index contributed by atoms with van der Waals surface area (Å²) in [5.41, 5.74) is 5.43. The second-order valence-electron chi connectivity index (χ2n) is 10.0. The fourth-order valence-electron chi connectivity index (χ4n) is 5.47. The number of aromatic nitrogens is 1. The van der Waals surface area contributed by atoms with E-state index in [1.54, 1.807) is 18.4 Å². The SMILES string of the molecule is COc1ccc(NC(=O)N2CCCCN3C[C@H](c4ccc(-c5csc(-c6ccccc6)n5)cc4)[C@@H]3C2)cc1. The van der Waals surface area contributed by atoms with Crippen LogP contribution in [-0.4, -0.2) is 60.1 Å². The maximum Gasteiger partial charge on any atom is 0.321 e. The van der Waals surface area contributed by atoms with Crippen LogP contribution in [0.3, 0.4) is 0 Å². The van der Waals surface area contributed by atoms with Gasteiger partial charge in [0.25, 0.3) is 0 Å². The van der Waals surface area contributed by atoms with E-state index in [4.69, 9.17) is 9.72 Å². The number of rotatable bonds is 5. The number of nitrogens with zero attached hydrogens (tertiary/aromatic N) is 3. The Morgan fingerprint density at radius 3 is 2.45 bits per heavy atom. The number of fused-ring (bicyclic) bond motifs is 1. The summed E-state index contributed by atoms with van der Waals surface area (Å²) >= 11 is 1.68. The van der Waals surface area contributed by atoms with E-state index in [9.17, 15) is 4.79 Å². The molecule has 2 aliphatic heterocycles. The van der Waals surface area contributed by atoms with Crippen molar-refractivity contribution in [2.24, 2.45) is 0 Å². The van der Waals surface area contributed by atoms with E-state index in [1.807, 2.05) is 47.4 Å². The van der Waals surface area contributed by atoms with Gasteiger partial charge in [-0.25, -0.2) is 9.78 Å². The molecule has 6 nitrogen and oxygen atoms in total. The molecule has 3 heterocycles. The molecule has 0 saturated carbocycles. The van der Waals surface area contributed by atoms with Gasteiger partial charge < -0.3 is 15.0 Å². The van der Waals surface area contributed by atoms with E-state index in [0.717, 1.165) is 72.3 Å². The number of carbonyl (C=O) groups excluding carboxylic acids is 1. The molecule has 4 aromatic rings. The summed E-state index contributed by atoms with van der Waals surface area (Å²) in [5, 5.41) is 6.25. The van der Waals surface area contributed by atoms with Crippen molar-refractivity contribution in [3.05, 3.63) is 89.8 Å².